The number of nitrogens with one attached hydrogen (secondary N) is 1. The number of anilines is 1. The van der Waals surface area contributed by atoms with Crippen LogP contribution in [0.2, 0.25) is 0 Å². The van der Waals surface area contributed by atoms with Gasteiger partial charge in [-0.25, -0.2) is 4.79 Å². The summed E-state index contributed by atoms with van der Waals surface area (Å²) in [6.45, 7) is 0.747. The highest BCUT2D eigenvalue weighted by atomic mass is 16.4. The van der Waals surface area contributed by atoms with Gasteiger partial charge >= 0.3 is 5.97 Å². The van der Waals surface area contributed by atoms with Crippen molar-refractivity contribution in [3.63, 3.8) is 0 Å². The molecule has 0 amide bonds. The van der Waals surface area contributed by atoms with Crippen LogP contribution < -0.4 is 10.4 Å². The Kier molecular flexibility index (Phi) is 3.13. The van der Waals surface area contributed by atoms with Gasteiger partial charge in [-0.2, -0.15) is 0 Å². The number of hydrogen-bond acceptors (Lipinski definition) is 3. The van der Waals surface area contributed by atoms with E-state index in [9.17, 15) is 4.79 Å². The number of hydrazine groups is 1. The van der Waals surface area contributed by atoms with Gasteiger partial charge in [0.2, 0.25) is 0 Å². The van der Waals surface area contributed by atoms with Crippen molar-refractivity contribution in [3.05, 3.63) is 71.8 Å². The number of rotatable bonds is 3. The molecule has 0 saturated carbocycles. The van der Waals surface area contributed by atoms with Crippen molar-refractivity contribution in [1.29, 1.82) is 0 Å². The predicted octanol–water partition coefficient (Wildman–Crippen LogP) is 2.75. The van der Waals surface area contributed by atoms with Crippen LogP contribution in [-0.2, 0) is 0 Å². The third-order valence-corrected chi connectivity index (χ3v) is 3.24. The molecule has 0 atom stereocenters. The van der Waals surface area contributed by atoms with Gasteiger partial charge in [0, 0.05) is 0 Å². The molecule has 0 aromatic heterocycles. The van der Waals surface area contributed by atoms with Crippen LogP contribution in [0.15, 0.2) is 60.7 Å². The quantitative estimate of drug-likeness (QED) is 0.897. The predicted molar refractivity (Wildman–Crippen MR) is 78.3 cm³/mol. The molecule has 2 aromatic carbocycles. The minimum atomic E-state index is -0.908. The molecule has 0 bridgehead atoms. The minimum Gasteiger partial charge on any atom is -0.478 e. The lowest BCUT2D eigenvalue weighted by atomic mass is 10.2. The number of benzene rings is 2. The molecule has 0 fully saturated rings. The topological polar surface area (TPSA) is 52.6 Å². The SMILES string of the molecule is O=C(O)c1ccc(N2CC=C(c3ccccc3)N2)cc1. The maximum Gasteiger partial charge on any atom is 0.335 e. The molecule has 4 heteroatoms. The van der Waals surface area contributed by atoms with Crippen LogP contribution in [0.5, 0.6) is 0 Å². The summed E-state index contributed by atoms with van der Waals surface area (Å²) in [6.07, 6.45) is 2.11. The van der Waals surface area contributed by atoms with E-state index in [1.807, 2.05) is 23.2 Å². The average molecular weight is 266 g/mol. The molecule has 100 valence electrons. The van der Waals surface area contributed by atoms with Crippen LogP contribution in [0.4, 0.5) is 5.69 Å². The zero-order valence-corrected chi connectivity index (χ0v) is 10.8. The maximum absolute atomic E-state index is 10.8. The zero-order chi connectivity index (χ0) is 13.9. The number of aromatic carboxylic acids is 1. The van der Waals surface area contributed by atoms with Crippen molar-refractivity contribution in [1.82, 2.24) is 5.43 Å². The van der Waals surface area contributed by atoms with Crippen LogP contribution in [0.25, 0.3) is 5.70 Å². The van der Waals surface area contributed by atoms with E-state index in [-0.39, 0.29) is 0 Å². The maximum atomic E-state index is 10.8. The largest absolute Gasteiger partial charge is 0.478 e. The van der Waals surface area contributed by atoms with Crippen LogP contribution in [-0.4, -0.2) is 17.6 Å². The Hall–Kier alpha value is -2.75. The Labute approximate surface area is 116 Å². The number of hydrogen-bond donors (Lipinski definition) is 2. The summed E-state index contributed by atoms with van der Waals surface area (Å²) in [5.74, 6) is -0.908. The first kappa shape index (κ1) is 12.3. The van der Waals surface area contributed by atoms with E-state index in [0.29, 0.717) is 5.56 Å². The van der Waals surface area contributed by atoms with E-state index in [1.165, 1.54) is 0 Å². The molecule has 2 aromatic rings. The Morgan fingerprint density at radius 2 is 1.75 bits per heavy atom. The fourth-order valence-corrected chi connectivity index (χ4v) is 2.17. The van der Waals surface area contributed by atoms with Gasteiger partial charge in [-0.15, -0.1) is 0 Å². The highest BCUT2D eigenvalue weighted by Gasteiger charge is 2.15. The third-order valence-electron chi connectivity index (χ3n) is 3.24. The Balaban J connectivity index is 1.74. The lowest BCUT2D eigenvalue weighted by Crippen LogP contribution is -2.31. The van der Waals surface area contributed by atoms with E-state index in [0.717, 1.165) is 23.5 Å². The summed E-state index contributed by atoms with van der Waals surface area (Å²) >= 11 is 0. The summed E-state index contributed by atoms with van der Waals surface area (Å²) in [5, 5.41) is 10.9. The monoisotopic (exact) mass is 266 g/mol. The first-order valence-corrected chi connectivity index (χ1v) is 6.37. The molecule has 0 spiro atoms. The van der Waals surface area contributed by atoms with Crippen LogP contribution in [0.1, 0.15) is 15.9 Å². The minimum absolute atomic E-state index is 0.296. The van der Waals surface area contributed by atoms with Gasteiger partial charge < -0.3 is 5.11 Å². The van der Waals surface area contributed by atoms with E-state index < -0.39 is 5.97 Å². The van der Waals surface area contributed by atoms with Gasteiger partial charge in [0.25, 0.3) is 0 Å². The molecular weight excluding hydrogens is 252 g/mol. The number of nitrogens with zero attached hydrogens (tertiary/aromatic N) is 1. The standard InChI is InChI=1S/C16H14N2O2/c19-16(20)13-6-8-14(9-7-13)18-11-10-15(17-18)12-4-2-1-3-5-12/h1-10,17H,11H2,(H,19,20). The van der Waals surface area contributed by atoms with E-state index in [4.69, 9.17) is 5.11 Å². The lowest BCUT2D eigenvalue weighted by Gasteiger charge is -2.20. The second-order valence-electron chi connectivity index (χ2n) is 4.56. The highest BCUT2D eigenvalue weighted by Crippen LogP contribution is 2.21. The highest BCUT2D eigenvalue weighted by molar-refractivity contribution is 5.88. The second-order valence-corrected chi connectivity index (χ2v) is 4.56. The van der Waals surface area contributed by atoms with Crippen LogP contribution in [0.3, 0.4) is 0 Å². The summed E-state index contributed by atoms with van der Waals surface area (Å²) in [7, 11) is 0. The van der Waals surface area contributed by atoms with Crippen molar-refractivity contribution < 1.29 is 9.90 Å². The molecule has 3 rings (SSSR count). The van der Waals surface area contributed by atoms with Crippen molar-refractivity contribution in [2.24, 2.45) is 0 Å². The molecule has 4 nitrogen and oxygen atoms in total. The molecule has 0 aliphatic carbocycles. The third kappa shape index (κ3) is 2.36. The average Bonchev–Trinajstić information content (AvgIpc) is 2.98. The van der Waals surface area contributed by atoms with Crippen LogP contribution in [0, 0.1) is 0 Å². The molecule has 1 aliphatic rings. The first-order valence-electron chi connectivity index (χ1n) is 6.37. The Morgan fingerprint density at radius 3 is 2.40 bits per heavy atom. The normalized spacial score (nSPS) is 13.8. The lowest BCUT2D eigenvalue weighted by molar-refractivity contribution is 0.0697. The van der Waals surface area contributed by atoms with E-state index in [2.05, 4.69) is 23.6 Å². The molecule has 20 heavy (non-hydrogen) atoms. The molecule has 1 heterocycles. The molecule has 1 aliphatic heterocycles. The molecular formula is C16H14N2O2. The zero-order valence-electron chi connectivity index (χ0n) is 10.8. The number of carbonyl (C=O) groups is 1. The van der Waals surface area contributed by atoms with Gasteiger partial charge in [-0.3, -0.25) is 10.4 Å². The van der Waals surface area contributed by atoms with Gasteiger partial charge in [-0.05, 0) is 35.9 Å². The summed E-state index contributed by atoms with van der Waals surface area (Å²) in [4.78, 5) is 10.8. The first-order chi connectivity index (χ1) is 9.74. The summed E-state index contributed by atoms with van der Waals surface area (Å²) in [6, 6.07) is 16.9. The van der Waals surface area contributed by atoms with Crippen molar-refractivity contribution in [2.45, 2.75) is 0 Å². The fraction of sp³-hybridized carbons (Fsp3) is 0.0625. The Morgan fingerprint density at radius 1 is 1.05 bits per heavy atom. The molecule has 0 saturated heterocycles. The van der Waals surface area contributed by atoms with Gasteiger partial charge in [0.1, 0.15) is 0 Å². The van der Waals surface area contributed by atoms with Crippen molar-refractivity contribution >= 4 is 17.4 Å². The summed E-state index contributed by atoms with van der Waals surface area (Å²) in [5.41, 5.74) is 6.76. The Bertz CT molecular complexity index is 648. The molecule has 0 unspecified atom stereocenters. The van der Waals surface area contributed by atoms with Crippen molar-refractivity contribution in [3.8, 4) is 0 Å². The van der Waals surface area contributed by atoms with Gasteiger partial charge in [0.05, 0.1) is 23.5 Å². The smallest absolute Gasteiger partial charge is 0.335 e. The number of carboxylic acid groups (broad SMARTS) is 1. The van der Waals surface area contributed by atoms with E-state index in [1.54, 1.807) is 24.3 Å². The van der Waals surface area contributed by atoms with Crippen LogP contribution >= 0.6 is 0 Å². The molecule has 0 radical (unpaired) electrons. The molecule has 2 N–H and O–H groups in total. The van der Waals surface area contributed by atoms with Gasteiger partial charge in [0.15, 0.2) is 0 Å². The van der Waals surface area contributed by atoms with E-state index >= 15 is 0 Å². The second kappa shape index (κ2) is 5.09. The fourth-order valence-electron chi connectivity index (χ4n) is 2.17. The van der Waals surface area contributed by atoms with Gasteiger partial charge in [-0.1, -0.05) is 30.3 Å². The number of carboxylic acids is 1. The summed E-state index contributed by atoms with van der Waals surface area (Å²) < 4.78 is 0. The van der Waals surface area contributed by atoms with Crippen molar-refractivity contribution in [2.75, 3.05) is 11.6 Å².